The standard InChI is InChI=1S/C12H8N2O2S/c13-7-11-10(6-9-4-5-17-8-9)2-1-3-12(11)14(15)16/h1-5,8H,6H2. The van der Waals surface area contributed by atoms with E-state index in [0.717, 1.165) is 5.56 Å². The first-order valence-corrected chi connectivity index (χ1v) is 5.84. The summed E-state index contributed by atoms with van der Waals surface area (Å²) < 4.78 is 0. The molecule has 0 unspecified atom stereocenters. The molecule has 0 aliphatic carbocycles. The SMILES string of the molecule is N#Cc1c(Cc2ccsc2)cccc1[N+](=O)[O-]. The van der Waals surface area contributed by atoms with Gasteiger partial charge in [-0.25, -0.2) is 0 Å². The van der Waals surface area contributed by atoms with E-state index >= 15 is 0 Å². The van der Waals surface area contributed by atoms with Crippen LogP contribution in [0.25, 0.3) is 0 Å². The van der Waals surface area contributed by atoms with Crippen molar-refractivity contribution < 1.29 is 4.92 Å². The zero-order valence-corrected chi connectivity index (χ0v) is 9.61. The minimum absolute atomic E-state index is 0.125. The molecule has 2 rings (SSSR count). The van der Waals surface area contributed by atoms with Crippen LogP contribution in [0.1, 0.15) is 16.7 Å². The number of rotatable bonds is 3. The van der Waals surface area contributed by atoms with Crippen LogP contribution in [0.4, 0.5) is 5.69 Å². The fourth-order valence-corrected chi connectivity index (χ4v) is 2.30. The average Bonchev–Trinajstić information content (AvgIpc) is 2.81. The van der Waals surface area contributed by atoms with Crippen molar-refractivity contribution in [2.24, 2.45) is 0 Å². The average molecular weight is 244 g/mol. The molecule has 0 spiro atoms. The summed E-state index contributed by atoms with van der Waals surface area (Å²) in [7, 11) is 0. The van der Waals surface area contributed by atoms with Crippen molar-refractivity contribution in [2.75, 3.05) is 0 Å². The Labute approximate surface area is 102 Å². The lowest BCUT2D eigenvalue weighted by Gasteiger charge is -2.02. The second kappa shape index (κ2) is 4.76. The summed E-state index contributed by atoms with van der Waals surface area (Å²) in [6.07, 6.45) is 0.550. The molecule has 0 aliphatic rings. The first-order valence-electron chi connectivity index (χ1n) is 4.90. The Balaban J connectivity index is 2.44. The molecule has 4 nitrogen and oxygen atoms in total. The van der Waals surface area contributed by atoms with Crippen LogP contribution >= 0.6 is 11.3 Å². The topological polar surface area (TPSA) is 66.9 Å². The minimum Gasteiger partial charge on any atom is -0.258 e. The molecule has 0 radical (unpaired) electrons. The van der Waals surface area contributed by atoms with Crippen LogP contribution in [-0.4, -0.2) is 4.92 Å². The van der Waals surface area contributed by atoms with Crippen LogP contribution in [0, 0.1) is 21.4 Å². The molecule has 0 atom stereocenters. The summed E-state index contributed by atoms with van der Waals surface area (Å²) in [4.78, 5) is 10.3. The van der Waals surface area contributed by atoms with Gasteiger partial charge in [0.15, 0.2) is 0 Å². The van der Waals surface area contributed by atoms with E-state index in [1.54, 1.807) is 23.5 Å². The van der Waals surface area contributed by atoms with Gasteiger partial charge in [0.05, 0.1) is 4.92 Å². The smallest absolute Gasteiger partial charge is 0.258 e. The van der Waals surface area contributed by atoms with E-state index in [-0.39, 0.29) is 11.3 Å². The zero-order chi connectivity index (χ0) is 12.3. The molecule has 0 bridgehead atoms. The molecular weight excluding hydrogens is 236 g/mol. The Morgan fingerprint density at radius 2 is 2.24 bits per heavy atom. The van der Waals surface area contributed by atoms with Crippen molar-refractivity contribution in [1.82, 2.24) is 0 Å². The van der Waals surface area contributed by atoms with E-state index in [1.807, 2.05) is 22.9 Å². The van der Waals surface area contributed by atoms with Crippen LogP contribution in [0.3, 0.4) is 0 Å². The molecule has 2 aromatic rings. The van der Waals surface area contributed by atoms with Gasteiger partial charge < -0.3 is 0 Å². The maximum Gasteiger partial charge on any atom is 0.287 e. The summed E-state index contributed by atoms with van der Waals surface area (Å²) >= 11 is 1.57. The van der Waals surface area contributed by atoms with Crippen molar-refractivity contribution in [1.29, 1.82) is 5.26 Å². The first kappa shape index (κ1) is 11.3. The first-order chi connectivity index (χ1) is 8.22. The van der Waals surface area contributed by atoms with Crippen molar-refractivity contribution in [3.8, 4) is 6.07 Å². The summed E-state index contributed by atoms with van der Waals surface area (Å²) in [5, 5.41) is 23.7. The molecular formula is C12H8N2O2S. The third kappa shape index (κ3) is 2.32. The predicted molar refractivity (Wildman–Crippen MR) is 64.9 cm³/mol. The fraction of sp³-hybridized carbons (Fsp3) is 0.0833. The molecule has 0 amide bonds. The number of benzene rings is 1. The van der Waals surface area contributed by atoms with E-state index in [0.29, 0.717) is 12.0 Å². The Hall–Kier alpha value is -2.19. The maximum atomic E-state index is 10.8. The van der Waals surface area contributed by atoms with Crippen LogP contribution in [-0.2, 0) is 6.42 Å². The highest BCUT2D eigenvalue weighted by molar-refractivity contribution is 7.07. The van der Waals surface area contributed by atoms with E-state index in [4.69, 9.17) is 5.26 Å². The van der Waals surface area contributed by atoms with E-state index in [9.17, 15) is 10.1 Å². The summed E-state index contributed by atoms with van der Waals surface area (Å²) in [5.74, 6) is 0. The molecule has 0 saturated carbocycles. The van der Waals surface area contributed by atoms with Crippen LogP contribution < -0.4 is 0 Å². The van der Waals surface area contributed by atoms with Gasteiger partial charge in [-0.3, -0.25) is 10.1 Å². The number of hydrogen-bond donors (Lipinski definition) is 0. The molecule has 0 aliphatic heterocycles. The molecule has 0 saturated heterocycles. The molecule has 0 N–H and O–H groups in total. The Morgan fingerprint density at radius 3 is 2.82 bits per heavy atom. The van der Waals surface area contributed by atoms with E-state index in [2.05, 4.69) is 0 Å². The van der Waals surface area contributed by atoms with Gasteiger partial charge in [-0.05, 0) is 34.4 Å². The summed E-state index contributed by atoms with van der Waals surface area (Å²) in [6, 6.07) is 8.59. The van der Waals surface area contributed by atoms with Crippen LogP contribution in [0.5, 0.6) is 0 Å². The molecule has 1 heterocycles. The van der Waals surface area contributed by atoms with Crippen molar-refractivity contribution in [3.63, 3.8) is 0 Å². The van der Waals surface area contributed by atoms with Crippen LogP contribution in [0.15, 0.2) is 35.0 Å². The molecule has 84 valence electrons. The van der Waals surface area contributed by atoms with Gasteiger partial charge in [0, 0.05) is 6.07 Å². The highest BCUT2D eigenvalue weighted by atomic mass is 32.1. The quantitative estimate of drug-likeness (QED) is 0.615. The fourth-order valence-electron chi connectivity index (χ4n) is 1.63. The maximum absolute atomic E-state index is 10.8. The highest BCUT2D eigenvalue weighted by Gasteiger charge is 2.16. The van der Waals surface area contributed by atoms with Gasteiger partial charge in [0.2, 0.25) is 0 Å². The van der Waals surface area contributed by atoms with Crippen molar-refractivity contribution in [3.05, 3.63) is 61.8 Å². The number of nitrogens with zero attached hydrogens (tertiary/aromatic N) is 2. The van der Waals surface area contributed by atoms with Gasteiger partial charge >= 0.3 is 0 Å². The number of nitriles is 1. The Kier molecular flexibility index (Phi) is 3.17. The van der Waals surface area contributed by atoms with E-state index < -0.39 is 4.92 Å². The lowest BCUT2D eigenvalue weighted by Crippen LogP contribution is -1.97. The summed E-state index contributed by atoms with van der Waals surface area (Å²) in [5.41, 5.74) is 1.79. The molecule has 5 heteroatoms. The molecule has 0 fully saturated rings. The minimum atomic E-state index is -0.518. The lowest BCUT2D eigenvalue weighted by molar-refractivity contribution is -0.385. The van der Waals surface area contributed by atoms with Crippen molar-refractivity contribution >= 4 is 17.0 Å². The predicted octanol–water partition coefficient (Wildman–Crippen LogP) is 3.12. The van der Waals surface area contributed by atoms with Crippen LogP contribution in [0.2, 0.25) is 0 Å². The number of nitro groups is 1. The van der Waals surface area contributed by atoms with E-state index in [1.165, 1.54) is 6.07 Å². The third-order valence-electron chi connectivity index (χ3n) is 2.41. The normalized spacial score (nSPS) is 9.82. The molecule has 1 aromatic carbocycles. The number of hydrogen-bond acceptors (Lipinski definition) is 4. The molecule has 17 heavy (non-hydrogen) atoms. The van der Waals surface area contributed by atoms with Gasteiger partial charge in [0.1, 0.15) is 11.6 Å². The zero-order valence-electron chi connectivity index (χ0n) is 8.79. The monoisotopic (exact) mass is 244 g/mol. The highest BCUT2D eigenvalue weighted by Crippen LogP contribution is 2.24. The molecule has 1 aromatic heterocycles. The van der Waals surface area contributed by atoms with Gasteiger partial charge in [-0.1, -0.05) is 12.1 Å². The second-order valence-electron chi connectivity index (χ2n) is 3.49. The van der Waals surface area contributed by atoms with Crippen molar-refractivity contribution in [2.45, 2.75) is 6.42 Å². The van der Waals surface area contributed by atoms with Gasteiger partial charge in [-0.15, -0.1) is 0 Å². The largest absolute Gasteiger partial charge is 0.287 e. The second-order valence-corrected chi connectivity index (χ2v) is 4.27. The third-order valence-corrected chi connectivity index (χ3v) is 3.14. The summed E-state index contributed by atoms with van der Waals surface area (Å²) in [6.45, 7) is 0. The Bertz CT molecular complexity index is 585. The van der Waals surface area contributed by atoms with Gasteiger partial charge in [0.25, 0.3) is 5.69 Å². The number of nitro benzene ring substituents is 1. The Morgan fingerprint density at radius 1 is 1.41 bits per heavy atom. The van der Waals surface area contributed by atoms with Gasteiger partial charge in [-0.2, -0.15) is 16.6 Å². The number of thiophene rings is 1. The lowest BCUT2D eigenvalue weighted by atomic mass is 10.0.